The number of nitrogens with two attached hydrogens (primary N) is 1. The summed E-state index contributed by atoms with van der Waals surface area (Å²) in [4.78, 5) is 24.1. The van der Waals surface area contributed by atoms with Gasteiger partial charge in [-0.15, -0.1) is 0 Å². The number of ether oxygens (including phenoxy) is 5. The molecule has 1 atom stereocenters. The van der Waals surface area contributed by atoms with Crippen molar-refractivity contribution in [2.24, 2.45) is 5.73 Å². The molecule has 0 spiro atoms. The minimum Gasteiger partial charge on any atom is -0.493 e. The molecule has 160 valence electrons. The van der Waals surface area contributed by atoms with E-state index < -0.39 is 17.9 Å². The van der Waals surface area contributed by atoms with Crippen LogP contribution in [0.1, 0.15) is 32.3 Å². The molecule has 1 heterocycles. The Hall–Kier alpha value is -3.67. The standard InChI is InChI=1S/C21H24N2O7/c1-5-27-17(24)11-29-15-8-7-13(9-16(15)26-4)19-14(10-22)20(23)30-12(3)18(19)21(25)28-6-2/h7-9,19H,5-6,11,23H2,1-4H3. The van der Waals surface area contributed by atoms with E-state index in [2.05, 4.69) is 0 Å². The van der Waals surface area contributed by atoms with Crippen LogP contribution in [0.25, 0.3) is 0 Å². The van der Waals surface area contributed by atoms with Gasteiger partial charge in [-0.25, -0.2) is 9.59 Å². The lowest BCUT2D eigenvalue weighted by Gasteiger charge is -2.27. The fourth-order valence-corrected chi connectivity index (χ4v) is 3.01. The summed E-state index contributed by atoms with van der Waals surface area (Å²) >= 11 is 0. The molecule has 0 aliphatic carbocycles. The van der Waals surface area contributed by atoms with Crippen LogP contribution < -0.4 is 15.2 Å². The predicted molar refractivity (Wildman–Crippen MR) is 105 cm³/mol. The fourth-order valence-electron chi connectivity index (χ4n) is 3.01. The zero-order valence-corrected chi connectivity index (χ0v) is 17.3. The third kappa shape index (κ3) is 4.84. The van der Waals surface area contributed by atoms with Crippen LogP contribution in [0.2, 0.25) is 0 Å². The van der Waals surface area contributed by atoms with Crippen molar-refractivity contribution in [1.82, 2.24) is 0 Å². The molecule has 30 heavy (non-hydrogen) atoms. The fraction of sp³-hybridized carbons (Fsp3) is 0.381. The van der Waals surface area contributed by atoms with E-state index in [9.17, 15) is 14.9 Å². The molecule has 2 rings (SSSR count). The van der Waals surface area contributed by atoms with Crippen molar-refractivity contribution in [2.75, 3.05) is 26.9 Å². The molecule has 1 aliphatic rings. The zero-order chi connectivity index (χ0) is 22.3. The van der Waals surface area contributed by atoms with Gasteiger partial charge in [-0.2, -0.15) is 5.26 Å². The lowest BCUT2D eigenvalue weighted by molar-refractivity contribution is -0.145. The number of hydrogen-bond acceptors (Lipinski definition) is 9. The number of carbonyl (C=O) groups excluding carboxylic acids is 2. The van der Waals surface area contributed by atoms with Crippen molar-refractivity contribution in [1.29, 1.82) is 5.26 Å². The monoisotopic (exact) mass is 416 g/mol. The highest BCUT2D eigenvalue weighted by Crippen LogP contribution is 2.42. The Morgan fingerprint density at radius 1 is 1.20 bits per heavy atom. The summed E-state index contributed by atoms with van der Waals surface area (Å²) in [6, 6.07) is 6.84. The van der Waals surface area contributed by atoms with Crippen LogP contribution in [0.15, 0.2) is 41.0 Å². The molecule has 9 nitrogen and oxygen atoms in total. The number of nitrogens with zero attached hydrogens (tertiary/aromatic N) is 1. The Kier molecular flexibility index (Phi) is 7.69. The van der Waals surface area contributed by atoms with Gasteiger partial charge in [-0.1, -0.05) is 6.07 Å². The van der Waals surface area contributed by atoms with E-state index in [-0.39, 0.29) is 42.6 Å². The third-order valence-electron chi connectivity index (χ3n) is 4.27. The normalized spacial score (nSPS) is 15.8. The molecular formula is C21H24N2O7. The van der Waals surface area contributed by atoms with Gasteiger partial charge in [0.05, 0.1) is 31.8 Å². The van der Waals surface area contributed by atoms with Gasteiger partial charge in [-0.3, -0.25) is 0 Å². The van der Waals surface area contributed by atoms with Crippen LogP contribution >= 0.6 is 0 Å². The van der Waals surface area contributed by atoms with E-state index in [4.69, 9.17) is 29.4 Å². The van der Waals surface area contributed by atoms with Gasteiger partial charge in [0.25, 0.3) is 0 Å². The van der Waals surface area contributed by atoms with E-state index in [1.165, 1.54) is 7.11 Å². The minimum atomic E-state index is -0.809. The van der Waals surface area contributed by atoms with Gasteiger partial charge >= 0.3 is 11.9 Å². The lowest BCUT2D eigenvalue weighted by atomic mass is 9.83. The second-order valence-electron chi connectivity index (χ2n) is 6.12. The summed E-state index contributed by atoms with van der Waals surface area (Å²) in [7, 11) is 1.43. The number of methoxy groups -OCH3 is 1. The average Bonchev–Trinajstić information content (AvgIpc) is 2.72. The maximum absolute atomic E-state index is 12.6. The first-order valence-corrected chi connectivity index (χ1v) is 9.29. The summed E-state index contributed by atoms with van der Waals surface area (Å²) in [5.74, 6) is -1.17. The largest absolute Gasteiger partial charge is 0.493 e. The molecule has 9 heteroatoms. The molecule has 1 unspecified atom stereocenters. The van der Waals surface area contributed by atoms with E-state index in [1.807, 2.05) is 6.07 Å². The molecule has 0 fully saturated rings. The molecule has 1 aromatic rings. The number of nitriles is 1. The first-order valence-electron chi connectivity index (χ1n) is 9.29. The lowest BCUT2D eigenvalue weighted by Crippen LogP contribution is -2.25. The van der Waals surface area contributed by atoms with E-state index in [0.29, 0.717) is 17.1 Å². The van der Waals surface area contributed by atoms with Gasteiger partial charge in [0.1, 0.15) is 17.4 Å². The summed E-state index contributed by atoms with van der Waals surface area (Å²) in [6.45, 7) is 5.07. The van der Waals surface area contributed by atoms with Crippen molar-refractivity contribution in [2.45, 2.75) is 26.7 Å². The molecule has 0 radical (unpaired) electrons. The second-order valence-corrected chi connectivity index (χ2v) is 6.12. The summed E-state index contributed by atoms with van der Waals surface area (Å²) in [5, 5.41) is 9.64. The van der Waals surface area contributed by atoms with Crippen molar-refractivity contribution >= 4 is 11.9 Å². The van der Waals surface area contributed by atoms with Crippen LogP contribution in [0, 0.1) is 11.3 Å². The van der Waals surface area contributed by atoms with Crippen molar-refractivity contribution in [3.05, 3.63) is 46.6 Å². The SMILES string of the molecule is CCOC(=O)COc1ccc(C2C(C#N)=C(N)OC(C)=C2C(=O)OCC)cc1OC. The van der Waals surface area contributed by atoms with Crippen LogP contribution in [0.3, 0.4) is 0 Å². The van der Waals surface area contributed by atoms with Crippen LogP contribution in [0.4, 0.5) is 0 Å². The van der Waals surface area contributed by atoms with Crippen molar-refractivity contribution in [3.63, 3.8) is 0 Å². The summed E-state index contributed by atoms with van der Waals surface area (Å²) in [5.41, 5.74) is 6.68. The Bertz CT molecular complexity index is 928. The van der Waals surface area contributed by atoms with Crippen LogP contribution in [-0.2, 0) is 23.8 Å². The average molecular weight is 416 g/mol. The Labute approximate surface area is 174 Å². The van der Waals surface area contributed by atoms with Crippen LogP contribution in [-0.4, -0.2) is 38.9 Å². The van der Waals surface area contributed by atoms with E-state index in [0.717, 1.165) is 0 Å². The molecule has 0 amide bonds. The molecular weight excluding hydrogens is 392 g/mol. The second kappa shape index (κ2) is 10.2. The highest BCUT2D eigenvalue weighted by Gasteiger charge is 2.36. The molecule has 1 aromatic carbocycles. The smallest absolute Gasteiger partial charge is 0.344 e. The predicted octanol–water partition coefficient (Wildman–Crippen LogP) is 2.28. The molecule has 0 saturated heterocycles. The number of allylic oxidation sites excluding steroid dienone is 2. The Balaban J connectivity index is 2.47. The highest BCUT2D eigenvalue weighted by atomic mass is 16.6. The first kappa shape index (κ1) is 22.6. The molecule has 2 N–H and O–H groups in total. The van der Waals surface area contributed by atoms with Gasteiger partial charge in [0.15, 0.2) is 18.1 Å². The minimum absolute atomic E-state index is 0.0749. The zero-order valence-electron chi connectivity index (χ0n) is 17.3. The molecule has 0 saturated carbocycles. The first-order chi connectivity index (χ1) is 14.4. The quantitative estimate of drug-likeness (QED) is 0.634. The van der Waals surface area contributed by atoms with Crippen LogP contribution in [0.5, 0.6) is 11.5 Å². The van der Waals surface area contributed by atoms with E-state index >= 15 is 0 Å². The summed E-state index contributed by atoms with van der Waals surface area (Å²) < 4.78 is 26.2. The number of benzene rings is 1. The number of rotatable bonds is 8. The Morgan fingerprint density at radius 3 is 2.50 bits per heavy atom. The molecule has 0 bridgehead atoms. The van der Waals surface area contributed by atoms with Gasteiger partial charge in [0, 0.05) is 0 Å². The third-order valence-corrected chi connectivity index (χ3v) is 4.27. The molecule has 1 aliphatic heterocycles. The topological polar surface area (TPSA) is 130 Å². The van der Waals surface area contributed by atoms with Crippen molar-refractivity contribution < 1.29 is 33.3 Å². The van der Waals surface area contributed by atoms with E-state index in [1.54, 1.807) is 39.0 Å². The number of carbonyl (C=O) groups is 2. The molecule has 0 aromatic heterocycles. The number of hydrogen-bond donors (Lipinski definition) is 1. The van der Waals surface area contributed by atoms with Gasteiger partial charge in [0.2, 0.25) is 5.88 Å². The summed E-state index contributed by atoms with van der Waals surface area (Å²) in [6.07, 6.45) is 0. The highest BCUT2D eigenvalue weighted by molar-refractivity contribution is 5.92. The Morgan fingerprint density at radius 2 is 1.90 bits per heavy atom. The maximum Gasteiger partial charge on any atom is 0.344 e. The maximum atomic E-state index is 12.6. The van der Waals surface area contributed by atoms with Crippen molar-refractivity contribution in [3.8, 4) is 17.6 Å². The van der Waals surface area contributed by atoms with Gasteiger partial charge < -0.3 is 29.4 Å². The van der Waals surface area contributed by atoms with Gasteiger partial charge in [-0.05, 0) is 38.5 Å². The number of esters is 2.